The van der Waals surface area contributed by atoms with Crippen molar-refractivity contribution in [3.05, 3.63) is 24.3 Å². The zero-order chi connectivity index (χ0) is 88.3. The van der Waals surface area contributed by atoms with Gasteiger partial charge in [-0.1, -0.05) is 143 Å². The lowest BCUT2D eigenvalue weighted by atomic mass is 9.85. The number of alkyl halides is 8. The first-order valence-corrected chi connectivity index (χ1v) is 44.8. The van der Waals surface area contributed by atoms with Gasteiger partial charge in [-0.2, -0.15) is 26.3 Å². The Hall–Kier alpha value is -5.59. The van der Waals surface area contributed by atoms with Gasteiger partial charge in [0.05, 0.1) is 30.5 Å². The van der Waals surface area contributed by atoms with Crippen LogP contribution in [0.3, 0.4) is 0 Å². The molecule has 25 heteroatoms. The van der Waals surface area contributed by atoms with Crippen LogP contribution in [-0.4, -0.2) is 135 Å². The van der Waals surface area contributed by atoms with E-state index in [9.17, 15) is 98.1 Å². The standard InChI is InChI=1S/C23H38F2O5.2C23H38F2O4.C23H36F2O4/c1-4-5-14-23(24,25)21(28)13-12-18-17(19(26)15-20(18)27)10-8-6-7-9-11-22(29)30-16(2)3;3*1-4-5-16-23(24,25)21(27)15-13-18-12-14-20(26)19(18)10-8-6-7-9-11-22(28)29-17(2)3/h16-18,20,27H,4-15H2,1-3H3;17-19H,4-16H2,1-3H3;12,14,17-19,21,27H,4-11,13,15-16H2,1-3H3;12,14,17-19H,4-11,13,15-16H2,1-3H3/t17-,18-,20-;18-,19-;18-,19-,21?;18-,19-/m1111/s1. The minimum Gasteiger partial charge on any atom is -0.463 e. The summed E-state index contributed by atoms with van der Waals surface area (Å²) in [5.74, 6) is -17.9. The predicted molar refractivity (Wildman–Crippen MR) is 438 cm³/mol. The molecule has 0 bridgehead atoms. The Labute approximate surface area is 695 Å². The maximum atomic E-state index is 13.9. The fourth-order valence-electron chi connectivity index (χ4n) is 15.6. The zero-order valence-corrected chi connectivity index (χ0v) is 73.2. The molecule has 0 spiro atoms. The van der Waals surface area contributed by atoms with Gasteiger partial charge in [-0.3, -0.25) is 52.7 Å². The molecule has 10 atom stereocenters. The molecule has 1 unspecified atom stereocenters. The van der Waals surface area contributed by atoms with E-state index in [0.717, 1.165) is 116 Å². The van der Waals surface area contributed by atoms with Crippen LogP contribution >= 0.6 is 0 Å². The van der Waals surface area contributed by atoms with E-state index in [4.69, 9.17) is 18.9 Å². The van der Waals surface area contributed by atoms with Gasteiger partial charge >= 0.3 is 41.6 Å². The monoisotopic (exact) mass is 1680 g/mol. The first kappa shape index (κ1) is 109. The van der Waals surface area contributed by atoms with Crippen molar-refractivity contribution in [2.24, 2.45) is 47.3 Å². The number of Topliss-reactive ketones (excluding diaryl/α,β-unsaturated/α-hetero) is 5. The molecule has 4 rings (SSSR count). The van der Waals surface area contributed by atoms with Crippen molar-refractivity contribution in [3.8, 4) is 0 Å². The van der Waals surface area contributed by atoms with Gasteiger partial charge in [0.15, 0.2) is 11.6 Å². The summed E-state index contributed by atoms with van der Waals surface area (Å²) < 4.78 is 131. The number of carbonyl (C=O) groups excluding carboxylic acids is 11. The van der Waals surface area contributed by atoms with Crippen LogP contribution < -0.4 is 0 Å². The van der Waals surface area contributed by atoms with E-state index in [1.54, 1.807) is 32.9 Å². The average molecular weight is 1680 g/mol. The lowest BCUT2D eigenvalue weighted by Gasteiger charge is -2.25. The summed E-state index contributed by atoms with van der Waals surface area (Å²) in [5, 5.41) is 20.1. The Kier molecular flexibility index (Phi) is 56.1. The van der Waals surface area contributed by atoms with Gasteiger partial charge in [-0.05, 0) is 207 Å². The topological polar surface area (TPSA) is 265 Å². The molecule has 4 aliphatic carbocycles. The number of aliphatic hydroxyl groups excluding tert-OH is 2. The number of halogens is 8. The van der Waals surface area contributed by atoms with Gasteiger partial charge in [0, 0.05) is 107 Å². The summed E-state index contributed by atoms with van der Waals surface area (Å²) in [6.07, 6.45) is 25.8. The number of aliphatic hydroxyl groups is 2. The molecule has 2 fully saturated rings. The van der Waals surface area contributed by atoms with E-state index >= 15 is 0 Å². The van der Waals surface area contributed by atoms with E-state index < -0.39 is 72.0 Å². The number of rotatable bonds is 60. The fraction of sp³-hybridized carbons (Fsp3) is 0.837. The summed E-state index contributed by atoms with van der Waals surface area (Å²) in [6, 6.07) is 0. The second-order valence-electron chi connectivity index (χ2n) is 34.2. The minimum atomic E-state index is -3.32. The van der Waals surface area contributed by atoms with Crippen LogP contribution in [0.4, 0.5) is 35.1 Å². The van der Waals surface area contributed by atoms with Crippen LogP contribution in [0.2, 0.25) is 0 Å². The van der Waals surface area contributed by atoms with Gasteiger partial charge < -0.3 is 29.2 Å². The van der Waals surface area contributed by atoms with Crippen LogP contribution in [0.5, 0.6) is 0 Å². The number of hydrogen-bond donors (Lipinski definition) is 2. The SMILES string of the molecule is CCCCC(F)(F)C(=O)CC[C@H]1C=CC(=O)[C@@H]1CCCCCCC(=O)OC(C)C.CCCCC(F)(F)C(=O)CC[C@H]1CCC(=O)[C@@H]1CCCCCCC(=O)OC(C)C.CCCCC(F)(F)C(=O)CC[C@H]1[C@H](O)CC(=O)[C@@H]1CCCCCCC(=O)OC(C)C.CCCCC(F)(F)C(O)CC[C@H]1C=CC(=O)[C@@H]1CCCCCCC(=O)OC(C)C. The van der Waals surface area contributed by atoms with Crippen molar-refractivity contribution in [1.82, 2.24) is 0 Å². The highest BCUT2D eigenvalue weighted by Gasteiger charge is 2.45. The summed E-state index contributed by atoms with van der Waals surface area (Å²) in [7, 11) is 0. The average Bonchev–Trinajstić information content (AvgIpc) is 1.70. The molecule has 0 radical (unpaired) electrons. The molecule has 0 saturated heterocycles. The van der Waals surface area contributed by atoms with Crippen molar-refractivity contribution in [1.29, 1.82) is 0 Å². The molecular formula is C92H150F8O17. The van der Waals surface area contributed by atoms with Crippen LogP contribution in [-0.2, 0) is 71.7 Å². The molecular weight excluding hydrogens is 1530 g/mol. The maximum absolute atomic E-state index is 13.9. The lowest BCUT2D eigenvalue weighted by molar-refractivity contribution is -0.148. The van der Waals surface area contributed by atoms with Crippen molar-refractivity contribution in [2.45, 2.75) is 445 Å². The number of ether oxygens (including phenoxy) is 4. The Morgan fingerprint density at radius 1 is 0.385 bits per heavy atom. The lowest BCUT2D eigenvalue weighted by Crippen LogP contribution is -2.34. The predicted octanol–water partition coefficient (Wildman–Crippen LogP) is 22.5. The van der Waals surface area contributed by atoms with E-state index in [1.807, 2.05) is 68.4 Å². The third-order valence-corrected chi connectivity index (χ3v) is 22.4. The van der Waals surface area contributed by atoms with E-state index in [2.05, 4.69) is 0 Å². The molecule has 2 N–H and O–H groups in total. The first-order valence-electron chi connectivity index (χ1n) is 44.8. The third-order valence-electron chi connectivity index (χ3n) is 22.4. The van der Waals surface area contributed by atoms with Crippen LogP contribution in [0.25, 0.3) is 0 Å². The Balaban J connectivity index is 0.000000780. The highest BCUT2D eigenvalue weighted by molar-refractivity contribution is 5.95. The molecule has 0 heterocycles. The second kappa shape index (κ2) is 60.0. The molecule has 2 saturated carbocycles. The number of esters is 4. The Morgan fingerprint density at radius 3 is 1.06 bits per heavy atom. The van der Waals surface area contributed by atoms with E-state index in [-0.39, 0.29) is 164 Å². The Bertz CT molecular complexity index is 2930. The van der Waals surface area contributed by atoms with Crippen molar-refractivity contribution in [3.63, 3.8) is 0 Å². The molecule has 4 aliphatic rings. The van der Waals surface area contributed by atoms with Crippen LogP contribution in [0, 0.1) is 47.3 Å². The van der Waals surface area contributed by atoms with Crippen molar-refractivity contribution >= 4 is 64.4 Å². The Morgan fingerprint density at radius 2 is 0.701 bits per heavy atom. The summed E-state index contributed by atoms with van der Waals surface area (Å²) in [6.45, 7) is 21.8. The number of allylic oxidation sites excluding steroid dienone is 4. The highest BCUT2D eigenvalue weighted by atomic mass is 19.3. The van der Waals surface area contributed by atoms with Crippen LogP contribution in [0.1, 0.15) is 385 Å². The molecule has 17 nitrogen and oxygen atoms in total. The quantitative estimate of drug-likeness (QED) is 0.0248. The summed E-state index contributed by atoms with van der Waals surface area (Å²) >= 11 is 0. The normalized spacial score (nSPS) is 20.3. The van der Waals surface area contributed by atoms with Gasteiger partial charge in [-0.25, -0.2) is 8.78 Å². The fourth-order valence-corrected chi connectivity index (χ4v) is 15.6. The number of hydrogen-bond acceptors (Lipinski definition) is 17. The van der Waals surface area contributed by atoms with Crippen LogP contribution in [0.15, 0.2) is 24.3 Å². The largest absolute Gasteiger partial charge is 0.463 e. The van der Waals surface area contributed by atoms with Crippen molar-refractivity contribution < 1.29 is 117 Å². The van der Waals surface area contributed by atoms with Gasteiger partial charge in [0.1, 0.15) is 17.7 Å². The molecule has 0 amide bonds. The molecule has 117 heavy (non-hydrogen) atoms. The summed E-state index contributed by atoms with van der Waals surface area (Å²) in [4.78, 5) is 130. The minimum absolute atomic E-state index is 0.00740. The zero-order valence-electron chi connectivity index (χ0n) is 73.2. The maximum Gasteiger partial charge on any atom is 0.306 e. The number of ketones is 7. The van der Waals surface area contributed by atoms with Gasteiger partial charge in [-0.15, -0.1) is 0 Å². The number of unbranched alkanes of at least 4 members (excludes halogenated alkanes) is 16. The second-order valence-corrected chi connectivity index (χ2v) is 34.2. The van der Waals surface area contributed by atoms with Gasteiger partial charge in [0.2, 0.25) is 17.3 Å². The molecule has 0 aliphatic heterocycles. The number of carbonyl (C=O) groups is 11. The third kappa shape index (κ3) is 47.4. The van der Waals surface area contributed by atoms with Crippen molar-refractivity contribution in [2.75, 3.05) is 0 Å². The van der Waals surface area contributed by atoms with Gasteiger partial charge in [0.25, 0.3) is 5.92 Å². The first-order chi connectivity index (χ1) is 55.1. The molecule has 676 valence electrons. The highest BCUT2D eigenvalue weighted by Crippen LogP contribution is 2.41. The van der Waals surface area contributed by atoms with E-state index in [1.165, 1.54) is 6.08 Å². The molecule has 0 aromatic heterocycles. The summed E-state index contributed by atoms with van der Waals surface area (Å²) in [5.41, 5.74) is 0. The molecule has 0 aromatic rings. The smallest absolute Gasteiger partial charge is 0.306 e. The van der Waals surface area contributed by atoms with E-state index in [0.29, 0.717) is 122 Å². The molecule has 0 aromatic carbocycles.